The number of carbonyl (C=O) groups excluding carboxylic acids is 1. The molecule has 1 heterocycles. The number of nitrogens with zero attached hydrogens (tertiary/aromatic N) is 3. The molecule has 0 bridgehead atoms. The van der Waals surface area contributed by atoms with E-state index in [1.165, 1.54) is 5.56 Å². The van der Waals surface area contributed by atoms with Crippen LogP contribution in [0.1, 0.15) is 24.8 Å². The molecule has 0 radical (unpaired) electrons. The van der Waals surface area contributed by atoms with Crippen LogP contribution < -0.4 is 15.5 Å². The summed E-state index contributed by atoms with van der Waals surface area (Å²) < 4.78 is 5.08. The largest absolute Gasteiger partial charge is 0.385 e. The molecule has 1 aliphatic rings. The highest BCUT2D eigenvalue weighted by atomic mass is 16.5. The third-order valence-corrected chi connectivity index (χ3v) is 4.95. The minimum Gasteiger partial charge on any atom is -0.385 e. The second kappa shape index (κ2) is 12.4. The van der Waals surface area contributed by atoms with Gasteiger partial charge in [-0.1, -0.05) is 18.2 Å². The molecule has 0 aliphatic carbocycles. The summed E-state index contributed by atoms with van der Waals surface area (Å²) in [7, 11) is 5.61. The molecule has 7 heteroatoms. The summed E-state index contributed by atoms with van der Waals surface area (Å²) in [5.74, 6) is 0.983. The molecule has 0 aromatic heterocycles. The second-order valence-corrected chi connectivity index (χ2v) is 7.10. The number of ether oxygens (including phenoxy) is 1. The molecule has 0 saturated carbocycles. The molecule has 1 aromatic carbocycles. The zero-order valence-electron chi connectivity index (χ0n) is 17.5. The maximum Gasteiger partial charge on any atom is 0.227 e. The SMILES string of the molecule is CN=C(NCCCC(=O)N1CCc2ccccc21)NCCN(C)CCCOC. The van der Waals surface area contributed by atoms with Gasteiger partial charge in [-0.05, 0) is 37.9 Å². The highest BCUT2D eigenvalue weighted by Crippen LogP contribution is 2.27. The first-order chi connectivity index (χ1) is 13.7. The minimum absolute atomic E-state index is 0.201. The van der Waals surface area contributed by atoms with Crippen molar-refractivity contribution in [1.82, 2.24) is 15.5 Å². The first-order valence-corrected chi connectivity index (χ1v) is 10.2. The minimum atomic E-state index is 0.201. The molecule has 0 fully saturated rings. The zero-order valence-corrected chi connectivity index (χ0v) is 17.5. The number of anilines is 1. The summed E-state index contributed by atoms with van der Waals surface area (Å²) in [5.41, 5.74) is 2.35. The number of methoxy groups -OCH3 is 1. The van der Waals surface area contributed by atoms with Gasteiger partial charge in [0.05, 0.1) is 0 Å². The summed E-state index contributed by atoms with van der Waals surface area (Å²) in [4.78, 5) is 20.9. The van der Waals surface area contributed by atoms with Crippen molar-refractivity contribution in [3.63, 3.8) is 0 Å². The lowest BCUT2D eigenvalue weighted by Crippen LogP contribution is -2.41. The number of amides is 1. The molecule has 0 atom stereocenters. The van der Waals surface area contributed by atoms with E-state index in [0.29, 0.717) is 6.42 Å². The summed E-state index contributed by atoms with van der Waals surface area (Å²) in [6.07, 6.45) is 3.32. The van der Waals surface area contributed by atoms with E-state index in [2.05, 4.69) is 33.6 Å². The molecule has 1 aliphatic heterocycles. The number of hydrogen-bond acceptors (Lipinski definition) is 4. The monoisotopic (exact) mass is 389 g/mol. The number of likely N-dealkylation sites (N-methyl/N-ethyl adjacent to an activating group) is 1. The van der Waals surface area contributed by atoms with Crippen LogP contribution in [0.4, 0.5) is 5.69 Å². The van der Waals surface area contributed by atoms with Crippen molar-refractivity contribution in [2.75, 3.05) is 65.4 Å². The van der Waals surface area contributed by atoms with Gasteiger partial charge in [0.15, 0.2) is 5.96 Å². The molecular weight excluding hydrogens is 354 g/mol. The van der Waals surface area contributed by atoms with Gasteiger partial charge in [0.25, 0.3) is 0 Å². The molecule has 2 N–H and O–H groups in total. The number of para-hydroxylation sites is 1. The van der Waals surface area contributed by atoms with Crippen LogP contribution in [0.2, 0.25) is 0 Å². The standard InChI is InChI=1S/C21H35N5O2/c1-22-21(24-13-16-25(2)14-7-17-28-3)23-12-6-10-20(27)26-15-11-18-8-4-5-9-19(18)26/h4-5,8-9H,6-7,10-17H2,1-3H3,(H2,22,23,24). The summed E-state index contributed by atoms with van der Waals surface area (Å²) in [6, 6.07) is 8.18. The van der Waals surface area contributed by atoms with Gasteiger partial charge in [0.1, 0.15) is 0 Å². The van der Waals surface area contributed by atoms with Crippen LogP contribution in [0.5, 0.6) is 0 Å². The van der Waals surface area contributed by atoms with E-state index in [9.17, 15) is 4.79 Å². The topological polar surface area (TPSA) is 69.2 Å². The summed E-state index contributed by atoms with van der Waals surface area (Å²) >= 11 is 0. The molecule has 0 saturated heterocycles. The predicted molar refractivity (Wildman–Crippen MR) is 115 cm³/mol. The molecule has 1 aromatic rings. The maximum absolute atomic E-state index is 12.5. The molecule has 2 rings (SSSR count). The molecule has 156 valence electrons. The van der Waals surface area contributed by atoms with Crippen molar-refractivity contribution in [3.05, 3.63) is 29.8 Å². The van der Waals surface area contributed by atoms with Crippen LogP contribution in [0.3, 0.4) is 0 Å². The van der Waals surface area contributed by atoms with Crippen LogP contribution in [0.25, 0.3) is 0 Å². The number of benzene rings is 1. The van der Waals surface area contributed by atoms with Crippen LogP contribution >= 0.6 is 0 Å². The van der Waals surface area contributed by atoms with Gasteiger partial charge in [-0.25, -0.2) is 0 Å². The molecule has 0 unspecified atom stereocenters. The van der Waals surface area contributed by atoms with Crippen LogP contribution in [0.15, 0.2) is 29.3 Å². The van der Waals surface area contributed by atoms with Crippen molar-refractivity contribution in [3.8, 4) is 0 Å². The number of carbonyl (C=O) groups is 1. The Hall–Kier alpha value is -2.12. The number of nitrogens with one attached hydrogen (secondary N) is 2. The van der Waals surface area contributed by atoms with E-state index < -0.39 is 0 Å². The average Bonchev–Trinajstić information content (AvgIpc) is 3.14. The van der Waals surface area contributed by atoms with Gasteiger partial charge in [0, 0.05) is 65.6 Å². The van der Waals surface area contributed by atoms with Crippen molar-refractivity contribution < 1.29 is 9.53 Å². The van der Waals surface area contributed by atoms with Gasteiger partial charge in [-0.2, -0.15) is 0 Å². The molecule has 0 spiro atoms. The van der Waals surface area contributed by atoms with Crippen molar-refractivity contribution in [2.24, 2.45) is 4.99 Å². The van der Waals surface area contributed by atoms with E-state index in [-0.39, 0.29) is 5.91 Å². The fourth-order valence-corrected chi connectivity index (χ4v) is 3.36. The van der Waals surface area contributed by atoms with E-state index >= 15 is 0 Å². The van der Waals surface area contributed by atoms with Gasteiger partial charge in [-0.3, -0.25) is 9.79 Å². The van der Waals surface area contributed by atoms with Crippen LogP contribution in [-0.2, 0) is 16.0 Å². The Balaban J connectivity index is 1.59. The second-order valence-electron chi connectivity index (χ2n) is 7.10. The van der Waals surface area contributed by atoms with Gasteiger partial charge < -0.3 is 25.2 Å². The Kier molecular flexibility index (Phi) is 9.79. The fraction of sp³-hybridized carbons (Fsp3) is 0.619. The third kappa shape index (κ3) is 7.13. The highest BCUT2D eigenvalue weighted by molar-refractivity contribution is 5.95. The van der Waals surface area contributed by atoms with Crippen molar-refractivity contribution in [2.45, 2.75) is 25.7 Å². The lowest BCUT2D eigenvalue weighted by molar-refractivity contribution is -0.118. The highest BCUT2D eigenvalue weighted by Gasteiger charge is 2.23. The summed E-state index contributed by atoms with van der Waals surface area (Å²) in [6.45, 7) is 5.10. The van der Waals surface area contributed by atoms with E-state index in [1.807, 2.05) is 23.1 Å². The Morgan fingerprint density at radius 2 is 2.00 bits per heavy atom. The van der Waals surface area contributed by atoms with Crippen LogP contribution in [-0.4, -0.2) is 77.3 Å². The first-order valence-electron chi connectivity index (χ1n) is 10.2. The normalized spacial score (nSPS) is 13.7. The Labute approximate surface area is 169 Å². The number of aliphatic imine (C=N–C) groups is 1. The fourth-order valence-electron chi connectivity index (χ4n) is 3.36. The van der Waals surface area contributed by atoms with Gasteiger partial charge in [0.2, 0.25) is 5.91 Å². The quantitative estimate of drug-likeness (QED) is 0.341. The van der Waals surface area contributed by atoms with Gasteiger partial charge >= 0.3 is 0 Å². The van der Waals surface area contributed by atoms with Crippen LogP contribution in [0, 0.1) is 0 Å². The Morgan fingerprint density at radius 3 is 2.79 bits per heavy atom. The molecule has 1 amide bonds. The van der Waals surface area contributed by atoms with E-state index in [4.69, 9.17) is 4.74 Å². The number of fused-ring (bicyclic) bond motifs is 1. The maximum atomic E-state index is 12.5. The number of rotatable bonds is 11. The Morgan fingerprint density at radius 1 is 1.21 bits per heavy atom. The number of hydrogen-bond donors (Lipinski definition) is 2. The average molecular weight is 390 g/mol. The predicted octanol–water partition coefficient (Wildman–Crippen LogP) is 1.49. The summed E-state index contributed by atoms with van der Waals surface area (Å²) in [5, 5.41) is 6.61. The lowest BCUT2D eigenvalue weighted by Gasteiger charge is -2.19. The first kappa shape index (κ1) is 22.2. The van der Waals surface area contributed by atoms with Crippen molar-refractivity contribution >= 4 is 17.6 Å². The molecule has 7 nitrogen and oxygen atoms in total. The number of guanidine groups is 1. The third-order valence-electron chi connectivity index (χ3n) is 4.95. The molecule has 28 heavy (non-hydrogen) atoms. The Bertz CT molecular complexity index is 635. The zero-order chi connectivity index (χ0) is 20.2. The molecular formula is C21H35N5O2. The van der Waals surface area contributed by atoms with Crippen molar-refractivity contribution in [1.29, 1.82) is 0 Å². The smallest absolute Gasteiger partial charge is 0.227 e. The van der Waals surface area contributed by atoms with E-state index in [0.717, 1.165) is 70.2 Å². The van der Waals surface area contributed by atoms with E-state index in [1.54, 1.807) is 14.2 Å². The van der Waals surface area contributed by atoms with Gasteiger partial charge in [-0.15, -0.1) is 0 Å². The lowest BCUT2D eigenvalue weighted by atomic mass is 10.2.